The van der Waals surface area contributed by atoms with Gasteiger partial charge in [-0.25, -0.2) is 9.59 Å². The summed E-state index contributed by atoms with van der Waals surface area (Å²) in [6.45, 7) is 2.47. The summed E-state index contributed by atoms with van der Waals surface area (Å²) >= 11 is 5.93. The highest BCUT2D eigenvalue weighted by Gasteiger charge is 2.38. The first-order valence-corrected chi connectivity index (χ1v) is 13.3. The topological polar surface area (TPSA) is 125 Å². The average Bonchev–Trinajstić information content (AvgIpc) is 3.28. The SMILES string of the molecule is CN(C)C(=O)Nc1ccccc1N1CC(NC2CCN(C(=O)c3ccc(Cl)cc3)CC2)[C@H](O)C1.O=C(O)C(F)(F)F. The zero-order valence-electron chi connectivity index (χ0n) is 22.6. The van der Waals surface area contributed by atoms with Crippen molar-refractivity contribution in [1.82, 2.24) is 15.1 Å². The van der Waals surface area contributed by atoms with Crippen LogP contribution < -0.4 is 15.5 Å². The van der Waals surface area contributed by atoms with Crippen LogP contribution >= 0.6 is 11.6 Å². The van der Waals surface area contributed by atoms with Crippen molar-refractivity contribution >= 4 is 40.9 Å². The number of hydrogen-bond acceptors (Lipinski definition) is 6. The molecule has 4 rings (SSSR count). The number of amides is 3. The summed E-state index contributed by atoms with van der Waals surface area (Å²) in [4.78, 5) is 39.3. The highest BCUT2D eigenvalue weighted by atomic mass is 35.5. The van der Waals surface area contributed by atoms with E-state index in [0.717, 1.165) is 24.2 Å². The van der Waals surface area contributed by atoms with Gasteiger partial charge in [0.25, 0.3) is 5.91 Å². The number of piperidine rings is 1. The van der Waals surface area contributed by atoms with E-state index in [0.29, 0.717) is 36.8 Å². The van der Waals surface area contributed by atoms with E-state index in [9.17, 15) is 27.9 Å². The third-order valence-corrected chi connectivity index (χ3v) is 7.00. The summed E-state index contributed by atoms with van der Waals surface area (Å²) in [6.07, 6.45) is -3.94. The molecule has 2 heterocycles. The second-order valence-corrected chi connectivity index (χ2v) is 10.4. The molecule has 2 aromatic rings. The highest BCUT2D eigenvalue weighted by Crippen LogP contribution is 2.29. The quantitative estimate of drug-likeness (QED) is 0.414. The maximum Gasteiger partial charge on any atom is 0.490 e. The minimum atomic E-state index is -5.08. The fraction of sp³-hybridized carbons (Fsp3) is 0.444. The summed E-state index contributed by atoms with van der Waals surface area (Å²) in [6, 6.07) is 14.6. The Hall–Kier alpha value is -3.55. The van der Waals surface area contributed by atoms with E-state index in [2.05, 4.69) is 15.5 Å². The lowest BCUT2D eigenvalue weighted by Gasteiger charge is -2.34. The number of nitrogens with one attached hydrogen (secondary N) is 2. The molecule has 41 heavy (non-hydrogen) atoms. The number of carbonyl (C=O) groups is 3. The van der Waals surface area contributed by atoms with Gasteiger partial charge in [0.05, 0.1) is 23.5 Å². The van der Waals surface area contributed by atoms with Crippen LogP contribution in [-0.4, -0.2) is 103 Å². The number of carboxylic acids is 1. The maximum atomic E-state index is 12.7. The molecule has 2 fully saturated rings. The number of carboxylic acid groups (broad SMARTS) is 1. The Morgan fingerprint density at radius 1 is 1.00 bits per heavy atom. The molecule has 2 aliphatic rings. The lowest BCUT2D eigenvalue weighted by Crippen LogP contribution is -2.50. The Morgan fingerprint density at radius 2 is 1.59 bits per heavy atom. The second-order valence-electron chi connectivity index (χ2n) is 9.96. The molecule has 1 unspecified atom stereocenters. The van der Waals surface area contributed by atoms with Gasteiger partial charge in [0.1, 0.15) is 0 Å². The van der Waals surface area contributed by atoms with Crippen LogP contribution in [0, 0.1) is 0 Å². The van der Waals surface area contributed by atoms with Crippen LogP contribution in [0.15, 0.2) is 48.5 Å². The van der Waals surface area contributed by atoms with E-state index >= 15 is 0 Å². The molecule has 0 aromatic heterocycles. The largest absolute Gasteiger partial charge is 0.490 e. The zero-order chi connectivity index (χ0) is 30.3. The molecule has 10 nitrogen and oxygen atoms in total. The minimum absolute atomic E-state index is 0.0265. The van der Waals surface area contributed by atoms with Crippen molar-refractivity contribution in [3.63, 3.8) is 0 Å². The van der Waals surface area contributed by atoms with E-state index in [1.165, 1.54) is 4.90 Å². The number of alkyl halides is 3. The van der Waals surface area contributed by atoms with E-state index in [4.69, 9.17) is 21.5 Å². The predicted octanol–water partition coefficient (Wildman–Crippen LogP) is 3.51. The maximum absolute atomic E-state index is 12.7. The number of aliphatic hydroxyl groups excluding tert-OH is 1. The van der Waals surface area contributed by atoms with Gasteiger partial charge in [-0.2, -0.15) is 13.2 Å². The summed E-state index contributed by atoms with van der Waals surface area (Å²) < 4.78 is 31.7. The lowest BCUT2D eigenvalue weighted by molar-refractivity contribution is -0.192. The molecule has 0 spiro atoms. The number of para-hydroxylation sites is 2. The number of β-amino-alcohol motifs (C(OH)–C–C–N with tert-alkyl or cyclic N) is 1. The molecule has 0 bridgehead atoms. The van der Waals surface area contributed by atoms with Crippen LogP contribution in [-0.2, 0) is 4.79 Å². The van der Waals surface area contributed by atoms with E-state index < -0.39 is 18.2 Å². The van der Waals surface area contributed by atoms with Crippen LogP contribution in [0.2, 0.25) is 5.02 Å². The number of hydrogen-bond donors (Lipinski definition) is 4. The van der Waals surface area contributed by atoms with Gasteiger partial charge in [-0.15, -0.1) is 0 Å². The highest BCUT2D eigenvalue weighted by molar-refractivity contribution is 6.30. The molecular weight excluding hydrogens is 567 g/mol. The molecule has 3 amide bonds. The summed E-state index contributed by atoms with van der Waals surface area (Å²) in [5.41, 5.74) is 2.27. The Morgan fingerprint density at radius 3 is 2.15 bits per heavy atom. The van der Waals surface area contributed by atoms with Crippen molar-refractivity contribution in [2.24, 2.45) is 0 Å². The third-order valence-electron chi connectivity index (χ3n) is 6.75. The van der Waals surface area contributed by atoms with Crippen LogP contribution in [0.25, 0.3) is 0 Å². The lowest BCUT2D eigenvalue weighted by atomic mass is 10.0. The minimum Gasteiger partial charge on any atom is -0.475 e. The number of aliphatic carboxylic acids is 1. The Kier molecular flexibility index (Phi) is 10.8. The molecule has 0 radical (unpaired) electrons. The van der Waals surface area contributed by atoms with Gasteiger partial charge in [-0.1, -0.05) is 23.7 Å². The van der Waals surface area contributed by atoms with Crippen molar-refractivity contribution in [2.45, 2.75) is 37.2 Å². The van der Waals surface area contributed by atoms with Gasteiger partial charge in [0.15, 0.2) is 0 Å². The monoisotopic (exact) mass is 599 g/mol. The summed E-state index contributed by atoms with van der Waals surface area (Å²) in [5, 5.41) is 25.0. The average molecular weight is 600 g/mol. The number of urea groups is 1. The van der Waals surface area contributed by atoms with Gasteiger partial charge in [0, 0.05) is 56.9 Å². The molecule has 2 saturated heterocycles. The van der Waals surface area contributed by atoms with Gasteiger partial charge >= 0.3 is 18.2 Å². The molecule has 14 heteroatoms. The zero-order valence-corrected chi connectivity index (χ0v) is 23.3. The van der Waals surface area contributed by atoms with Crippen LogP contribution in [0.4, 0.5) is 29.3 Å². The molecule has 0 saturated carbocycles. The van der Waals surface area contributed by atoms with Crippen molar-refractivity contribution in [1.29, 1.82) is 0 Å². The second kappa shape index (κ2) is 13.9. The first-order chi connectivity index (χ1) is 19.3. The van der Waals surface area contributed by atoms with E-state index in [-0.39, 0.29) is 24.0 Å². The molecule has 2 aliphatic heterocycles. The van der Waals surface area contributed by atoms with Crippen LogP contribution in [0.5, 0.6) is 0 Å². The summed E-state index contributed by atoms with van der Waals surface area (Å²) in [7, 11) is 3.40. The van der Waals surface area contributed by atoms with Gasteiger partial charge in [0.2, 0.25) is 0 Å². The number of aliphatic hydroxyl groups is 1. The number of halogens is 4. The summed E-state index contributed by atoms with van der Waals surface area (Å²) in [5.74, 6) is -2.73. The first-order valence-electron chi connectivity index (χ1n) is 12.9. The first kappa shape index (κ1) is 32.0. The molecule has 2 aromatic carbocycles. The van der Waals surface area contributed by atoms with Crippen molar-refractivity contribution in [3.05, 3.63) is 59.1 Å². The van der Waals surface area contributed by atoms with Gasteiger partial charge in [-0.3, -0.25) is 4.79 Å². The predicted molar refractivity (Wildman–Crippen MR) is 148 cm³/mol. The molecule has 2 atom stereocenters. The van der Waals surface area contributed by atoms with Crippen LogP contribution in [0.1, 0.15) is 23.2 Å². The number of benzene rings is 2. The number of anilines is 2. The number of rotatable bonds is 5. The number of likely N-dealkylation sites (tertiary alicyclic amines) is 1. The number of nitrogens with zero attached hydrogens (tertiary/aromatic N) is 3. The van der Waals surface area contributed by atoms with Gasteiger partial charge < -0.3 is 35.5 Å². The van der Waals surface area contributed by atoms with Crippen molar-refractivity contribution in [3.8, 4) is 0 Å². The van der Waals surface area contributed by atoms with E-state index in [1.807, 2.05) is 29.2 Å². The molecule has 4 N–H and O–H groups in total. The Labute approximate surface area is 240 Å². The molecule has 224 valence electrons. The van der Waals surface area contributed by atoms with Crippen molar-refractivity contribution in [2.75, 3.05) is 50.5 Å². The Balaban J connectivity index is 0.000000587. The fourth-order valence-corrected chi connectivity index (χ4v) is 4.68. The number of carbonyl (C=O) groups excluding carboxylic acids is 2. The standard InChI is InChI=1S/C25H32ClN5O3.C2HF3O2/c1-29(2)25(34)28-20-5-3-4-6-22(20)31-15-21(23(32)16-31)27-19-11-13-30(14-12-19)24(33)17-7-9-18(26)10-8-17;3-2(4,5)1(6)7/h3-10,19,21,23,27,32H,11-16H2,1-2H3,(H,28,34);(H,6,7)/t21?,23-;/m1./s1. The normalized spacial score (nSPS) is 19.3. The Bertz CT molecular complexity index is 1210. The van der Waals surface area contributed by atoms with E-state index in [1.54, 1.807) is 38.4 Å². The van der Waals surface area contributed by atoms with Gasteiger partial charge in [-0.05, 0) is 49.2 Å². The third kappa shape index (κ3) is 8.97. The molecular formula is C27H33ClF3N5O5. The van der Waals surface area contributed by atoms with Crippen molar-refractivity contribution < 1.29 is 37.8 Å². The van der Waals surface area contributed by atoms with Crippen LogP contribution in [0.3, 0.4) is 0 Å². The smallest absolute Gasteiger partial charge is 0.475 e. The fourth-order valence-electron chi connectivity index (χ4n) is 4.56. The molecule has 0 aliphatic carbocycles.